The largest absolute Gasteiger partial charge is 0.396 e. The number of anilines is 4. The first-order valence-corrected chi connectivity index (χ1v) is 9.72. The highest BCUT2D eigenvalue weighted by Crippen LogP contribution is 2.27. The number of nitrogens with zero attached hydrogens (tertiary/aromatic N) is 4. The van der Waals surface area contributed by atoms with Gasteiger partial charge in [0.05, 0.1) is 18.1 Å². The fourth-order valence-electron chi connectivity index (χ4n) is 3.70. The highest BCUT2D eigenvalue weighted by Gasteiger charge is 2.21. The zero-order valence-electron chi connectivity index (χ0n) is 16.0. The lowest BCUT2D eigenvalue weighted by atomic mass is 9.86. The lowest BCUT2D eigenvalue weighted by Gasteiger charge is -2.29. The van der Waals surface area contributed by atoms with Crippen molar-refractivity contribution in [2.24, 2.45) is 5.92 Å². The van der Waals surface area contributed by atoms with E-state index in [1.54, 1.807) is 18.6 Å². The molecule has 8 nitrogen and oxygen atoms in total. The van der Waals surface area contributed by atoms with Crippen LogP contribution in [0.3, 0.4) is 0 Å². The molecule has 0 aromatic carbocycles. The monoisotopic (exact) mass is 378 g/mol. The summed E-state index contributed by atoms with van der Waals surface area (Å²) in [6.07, 6.45) is 9.63. The van der Waals surface area contributed by atoms with Crippen LogP contribution in [0.5, 0.6) is 0 Å². The molecule has 0 radical (unpaired) electrons. The van der Waals surface area contributed by atoms with Crippen molar-refractivity contribution in [3.8, 4) is 0 Å². The van der Waals surface area contributed by atoms with Gasteiger partial charge in [-0.2, -0.15) is 0 Å². The van der Waals surface area contributed by atoms with E-state index in [1.807, 2.05) is 19.2 Å². The molecule has 4 rings (SSSR count). The molecule has 3 aromatic heterocycles. The summed E-state index contributed by atoms with van der Waals surface area (Å²) in [6, 6.07) is 6.57. The van der Waals surface area contributed by atoms with Crippen molar-refractivity contribution >= 4 is 34.2 Å². The van der Waals surface area contributed by atoms with Crippen LogP contribution in [0.1, 0.15) is 25.7 Å². The minimum Gasteiger partial charge on any atom is -0.396 e. The third kappa shape index (κ3) is 4.21. The maximum atomic E-state index is 5.62. The topological polar surface area (TPSA) is 114 Å². The Hall–Kier alpha value is -3.16. The van der Waals surface area contributed by atoms with Gasteiger partial charge in [0.15, 0.2) is 5.82 Å². The van der Waals surface area contributed by atoms with E-state index in [9.17, 15) is 0 Å². The van der Waals surface area contributed by atoms with Crippen molar-refractivity contribution in [1.29, 1.82) is 0 Å². The fraction of sp³-hybridized carbons (Fsp3) is 0.400. The van der Waals surface area contributed by atoms with E-state index in [4.69, 9.17) is 10.7 Å². The first-order chi connectivity index (χ1) is 13.7. The first-order valence-electron chi connectivity index (χ1n) is 9.72. The normalized spacial score (nSPS) is 19.3. The van der Waals surface area contributed by atoms with Crippen LogP contribution >= 0.6 is 0 Å². The predicted octanol–water partition coefficient (Wildman–Crippen LogP) is 3.13. The summed E-state index contributed by atoms with van der Waals surface area (Å²) in [6.45, 7) is 0.891. The number of aromatic nitrogens is 4. The number of nitrogen functional groups attached to an aromatic ring is 1. The van der Waals surface area contributed by atoms with Gasteiger partial charge in [0.1, 0.15) is 11.3 Å². The van der Waals surface area contributed by atoms with Crippen LogP contribution < -0.4 is 21.7 Å². The van der Waals surface area contributed by atoms with Crippen LogP contribution in [0.4, 0.5) is 23.3 Å². The van der Waals surface area contributed by atoms with E-state index in [-0.39, 0.29) is 0 Å². The van der Waals surface area contributed by atoms with Gasteiger partial charge in [-0.15, -0.1) is 0 Å². The van der Waals surface area contributed by atoms with Crippen LogP contribution in [-0.4, -0.2) is 39.6 Å². The summed E-state index contributed by atoms with van der Waals surface area (Å²) in [7, 11) is 1.87. The van der Waals surface area contributed by atoms with Gasteiger partial charge in [-0.1, -0.05) is 0 Å². The number of hydrogen-bond acceptors (Lipinski definition) is 8. The Labute approximate surface area is 164 Å². The second kappa shape index (κ2) is 8.24. The molecule has 0 spiro atoms. The molecule has 146 valence electrons. The van der Waals surface area contributed by atoms with Crippen LogP contribution in [0.25, 0.3) is 10.9 Å². The van der Waals surface area contributed by atoms with E-state index in [0.717, 1.165) is 54.8 Å². The Morgan fingerprint density at radius 1 is 1.04 bits per heavy atom. The zero-order chi connectivity index (χ0) is 19.3. The van der Waals surface area contributed by atoms with Gasteiger partial charge in [-0.05, 0) is 49.8 Å². The number of nitrogens with two attached hydrogens (primary N) is 1. The molecule has 0 amide bonds. The summed E-state index contributed by atoms with van der Waals surface area (Å²) in [5, 5.41) is 11.1. The summed E-state index contributed by atoms with van der Waals surface area (Å²) in [5.41, 5.74) is 7.10. The number of hydrogen-bond donors (Lipinski definition) is 4. The first kappa shape index (κ1) is 18.2. The van der Waals surface area contributed by atoms with Crippen LogP contribution in [0.15, 0.2) is 36.8 Å². The lowest BCUT2D eigenvalue weighted by molar-refractivity contribution is 0.350. The van der Waals surface area contributed by atoms with Gasteiger partial charge in [0, 0.05) is 31.2 Å². The second-order valence-electron chi connectivity index (χ2n) is 7.26. The van der Waals surface area contributed by atoms with Crippen LogP contribution in [0.2, 0.25) is 0 Å². The Kier molecular flexibility index (Phi) is 5.36. The molecule has 1 aliphatic carbocycles. The van der Waals surface area contributed by atoms with E-state index in [1.165, 1.54) is 0 Å². The third-order valence-electron chi connectivity index (χ3n) is 5.26. The van der Waals surface area contributed by atoms with Crippen molar-refractivity contribution in [3.63, 3.8) is 0 Å². The van der Waals surface area contributed by atoms with Crippen molar-refractivity contribution < 1.29 is 0 Å². The van der Waals surface area contributed by atoms with E-state index in [2.05, 4.69) is 37.0 Å². The van der Waals surface area contributed by atoms with Gasteiger partial charge in [0.2, 0.25) is 5.95 Å². The Bertz CT molecular complexity index is 919. The van der Waals surface area contributed by atoms with Crippen molar-refractivity contribution in [3.05, 3.63) is 36.8 Å². The number of fused-ring (bicyclic) bond motifs is 1. The third-order valence-corrected chi connectivity index (χ3v) is 5.26. The second-order valence-corrected chi connectivity index (χ2v) is 7.26. The van der Waals surface area contributed by atoms with Crippen LogP contribution in [-0.2, 0) is 0 Å². The molecular formula is C20H26N8. The predicted molar refractivity (Wildman–Crippen MR) is 113 cm³/mol. The Morgan fingerprint density at radius 3 is 2.57 bits per heavy atom. The highest BCUT2D eigenvalue weighted by atomic mass is 15.1. The van der Waals surface area contributed by atoms with Crippen LogP contribution in [0, 0.1) is 5.92 Å². The molecule has 1 saturated carbocycles. The molecule has 0 bridgehead atoms. The zero-order valence-corrected chi connectivity index (χ0v) is 16.0. The molecule has 1 aliphatic rings. The summed E-state index contributed by atoms with van der Waals surface area (Å²) >= 11 is 0. The molecular weight excluding hydrogens is 352 g/mol. The molecule has 1 fully saturated rings. The number of pyridine rings is 2. The average Bonchev–Trinajstić information content (AvgIpc) is 2.74. The van der Waals surface area contributed by atoms with Gasteiger partial charge in [-0.25, -0.2) is 19.9 Å². The van der Waals surface area contributed by atoms with Gasteiger partial charge >= 0.3 is 0 Å². The Morgan fingerprint density at radius 2 is 1.82 bits per heavy atom. The number of nitrogens with one attached hydrogen (secondary N) is 3. The van der Waals surface area contributed by atoms with Crippen molar-refractivity contribution in [1.82, 2.24) is 19.9 Å². The number of rotatable bonds is 6. The molecule has 5 N–H and O–H groups in total. The molecule has 0 atom stereocenters. The molecule has 8 heteroatoms. The highest BCUT2D eigenvalue weighted by molar-refractivity contribution is 5.89. The summed E-state index contributed by atoms with van der Waals surface area (Å²) < 4.78 is 0. The smallest absolute Gasteiger partial charge is 0.222 e. The maximum Gasteiger partial charge on any atom is 0.222 e. The van der Waals surface area contributed by atoms with Gasteiger partial charge in [-0.3, -0.25) is 0 Å². The molecule has 3 heterocycles. The molecule has 0 saturated heterocycles. The van der Waals surface area contributed by atoms with Gasteiger partial charge in [0.25, 0.3) is 0 Å². The van der Waals surface area contributed by atoms with E-state index < -0.39 is 0 Å². The standard InChI is InChI=1S/C20H26N8/c1-22-19-18-14(8-9-23-19)4-7-17(28-18)27-16-5-2-13(3-6-16)10-24-20-25-11-15(21)12-26-20/h4,7-9,11-13,16H,2-3,5-6,10,21H2,1H3,(H,22,23)(H,27,28)(H,24,25,26). The van der Waals surface area contributed by atoms with E-state index >= 15 is 0 Å². The molecule has 28 heavy (non-hydrogen) atoms. The van der Waals surface area contributed by atoms with Gasteiger partial charge < -0.3 is 21.7 Å². The fourth-order valence-corrected chi connectivity index (χ4v) is 3.70. The molecule has 3 aromatic rings. The minimum absolute atomic E-state index is 0.448. The SMILES string of the molecule is CNc1nccc2ccc(NC3CCC(CNc4ncc(N)cn4)CC3)nc12. The molecule has 0 unspecified atom stereocenters. The summed E-state index contributed by atoms with van der Waals surface area (Å²) in [4.78, 5) is 17.5. The minimum atomic E-state index is 0.448. The summed E-state index contributed by atoms with van der Waals surface area (Å²) in [5.74, 6) is 2.99. The van der Waals surface area contributed by atoms with Crippen molar-refractivity contribution in [2.75, 3.05) is 35.3 Å². The lowest BCUT2D eigenvalue weighted by Crippen LogP contribution is -2.29. The maximum absolute atomic E-state index is 5.62. The van der Waals surface area contributed by atoms with E-state index in [0.29, 0.717) is 23.6 Å². The molecule has 0 aliphatic heterocycles. The quantitative estimate of drug-likeness (QED) is 0.517. The average molecular weight is 378 g/mol. The van der Waals surface area contributed by atoms with Crippen molar-refractivity contribution in [2.45, 2.75) is 31.7 Å². The Balaban J connectivity index is 1.30.